The summed E-state index contributed by atoms with van der Waals surface area (Å²) in [5.41, 5.74) is 0. The van der Waals surface area contributed by atoms with E-state index in [-0.39, 0.29) is 6.04 Å². The van der Waals surface area contributed by atoms with Gasteiger partial charge >= 0.3 is 0 Å². The van der Waals surface area contributed by atoms with Crippen LogP contribution in [0.15, 0.2) is 29.2 Å². The van der Waals surface area contributed by atoms with Crippen LogP contribution in [0.2, 0.25) is 5.02 Å². The van der Waals surface area contributed by atoms with Crippen LogP contribution in [0.4, 0.5) is 0 Å². The van der Waals surface area contributed by atoms with Crippen molar-refractivity contribution >= 4 is 22.4 Å². The van der Waals surface area contributed by atoms with E-state index in [0.29, 0.717) is 16.7 Å². The van der Waals surface area contributed by atoms with Crippen LogP contribution in [0.1, 0.15) is 19.8 Å². The molecule has 0 aliphatic carbocycles. The van der Waals surface area contributed by atoms with Gasteiger partial charge in [0.05, 0.1) is 27.3 Å². The Hall–Kier alpha value is -0.420. The zero-order chi connectivity index (χ0) is 14.4. The normalized spacial score (nSPS) is 21.8. The van der Waals surface area contributed by atoms with Crippen molar-refractivity contribution in [2.45, 2.75) is 30.7 Å². The lowest BCUT2D eigenvalue weighted by atomic mass is 10.0. The lowest BCUT2D eigenvalue weighted by Gasteiger charge is -2.23. The van der Waals surface area contributed by atoms with Crippen molar-refractivity contribution in [1.82, 2.24) is 5.32 Å². The van der Waals surface area contributed by atoms with Gasteiger partial charge in [-0.3, -0.25) is 4.21 Å². The molecule has 0 aromatic heterocycles. The molecule has 5 heteroatoms. The van der Waals surface area contributed by atoms with E-state index in [9.17, 15) is 4.21 Å². The third kappa shape index (κ3) is 4.29. The zero-order valence-electron chi connectivity index (χ0n) is 11.8. The molecule has 2 rings (SSSR count). The Labute approximate surface area is 128 Å². The fourth-order valence-corrected chi connectivity index (χ4v) is 4.25. The fraction of sp³-hybridized carbons (Fsp3) is 0.600. The van der Waals surface area contributed by atoms with E-state index in [1.165, 1.54) is 0 Å². The maximum absolute atomic E-state index is 12.5. The van der Waals surface area contributed by atoms with Gasteiger partial charge in [-0.2, -0.15) is 0 Å². The summed E-state index contributed by atoms with van der Waals surface area (Å²) < 4.78 is 18.0. The molecule has 3 nitrogen and oxygen atoms in total. The van der Waals surface area contributed by atoms with Crippen LogP contribution in [0.5, 0.6) is 0 Å². The Kier molecular flexibility index (Phi) is 6.49. The highest BCUT2D eigenvalue weighted by Crippen LogP contribution is 2.23. The minimum absolute atomic E-state index is 0.231. The largest absolute Gasteiger partial charge is 0.381 e. The van der Waals surface area contributed by atoms with Gasteiger partial charge in [-0.15, -0.1) is 0 Å². The molecule has 1 saturated heterocycles. The van der Waals surface area contributed by atoms with Gasteiger partial charge in [-0.25, -0.2) is 0 Å². The molecule has 1 fully saturated rings. The Morgan fingerprint density at radius 3 is 2.95 bits per heavy atom. The zero-order valence-corrected chi connectivity index (χ0v) is 13.4. The lowest BCUT2D eigenvalue weighted by Crippen LogP contribution is -2.41. The highest BCUT2D eigenvalue weighted by Gasteiger charge is 2.27. The molecule has 1 aromatic carbocycles. The smallest absolute Gasteiger partial charge is 0.0574 e. The molecule has 0 saturated carbocycles. The van der Waals surface area contributed by atoms with Gasteiger partial charge in [0.2, 0.25) is 0 Å². The first-order chi connectivity index (χ1) is 9.72. The second-order valence-corrected chi connectivity index (χ2v) is 7.00. The summed E-state index contributed by atoms with van der Waals surface area (Å²) in [6.45, 7) is 4.66. The van der Waals surface area contributed by atoms with E-state index >= 15 is 0 Å². The summed E-state index contributed by atoms with van der Waals surface area (Å²) >= 11 is 6.13. The van der Waals surface area contributed by atoms with Crippen LogP contribution >= 0.6 is 11.6 Å². The number of benzene rings is 1. The van der Waals surface area contributed by atoms with Crippen molar-refractivity contribution in [3.63, 3.8) is 0 Å². The quantitative estimate of drug-likeness (QED) is 0.841. The molecule has 1 heterocycles. The predicted molar refractivity (Wildman–Crippen MR) is 83.7 cm³/mol. The summed E-state index contributed by atoms with van der Waals surface area (Å²) in [4.78, 5) is 0.733. The van der Waals surface area contributed by atoms with Gasteiger partial charge in [-0.05, 0) is 31.5 Å². The van der Waals surface area contributed by atoms with E-state index in [0.717, 1.165) is 37.5 Å². The average molecular weight is 316 g/mol. The van der Waals surface area contributed by atoms with Crippen LogP contribution in [0.3, 0.4) is 0 Å². The van der Waals surface area contributed by atoms with Crippen molar-refractivity contribution in [2.75, 3.05) is 25.5 Å². The molecule has 0 radical (unpaired) electrons. The predicted octanol–water partition coefficient (Wildman–Crippen LogP) is 2.85. The molecule has 1 aliphatic rings. The van der Waals surface area contributed by atoms with Gasteiger partial charge < -0.3 is 10.1 Å². The van der Waals surface area contributed by atoms with Crippen LogP contribution in [0, 0.1) is 5.92 Å². The topological polar surface area (TPSA) is 38.3 Å². The number of hydrogen-bond donors (Lipinski definition) is 1. The number of nitrogens with one attached hydrogen (secondary N) is 1. The van der Waals surface area contributed by atoms with Crippen LogP contribution in [-0.2, 0) is 15.5 Å². The van der Waals surface area contributed by atoms with Crippen molar-refractivity contribution in [3.8, 4) is 0 Å². The Morgan fingerprint density at radius 2 is 2.30 bits per heavy atom. The summed E-state index contributed by atoms with van der Waals surface area (Å²) in [5.74, 6) is 1.05. The first kappa shape index (κ1) is 16.0. The fourth-order valence-electron chi connectivity index (χ4n) is 2.44. The SMILES string of the molecule is CCCNC(CS(=O)c1ccccc1Cl)C1CCOC1. The molecule has 0 bridgehead atoms. The minimum atomic E-state index is -1.07. The van der Waals surface area contributed by atoms with E-state index in [1.54, 1.807) is 6.07 Å². The van der Waals surface area contributed by atoms with E-state index in [1.807, 2.05) is 18.2 Å². The maximum atomic E-state index is 12.5. The molecule has 112 valence electrons. The molecule has 0 spiro atoms. The van der Waals surface area contributed by atoms with Crippen LogP contribution < -0.4 is 5.32 Å². The first-order valence-corrected chi connectivity index (χ1v) is 8.86. The summed E-state index contributed by atoms with van der Waals surface area (Å²) in [5, 5.41) is 4.10. The highest BCUT2D eigenvalue weighted by atomic mass is 35.5. The number of ether oxygens (including phenoxy) is 1. The first-order valence-electron chi connectivity index (χ1n) is 7.16. The maximum Gasteiger partial charge on any atom is 0.0574 e. The van der Waals surface area contributed by atoms with E-state index < -0.39 is 10.8 Å². The lowest BCUT2D eigenvalue weighted by molar-refractivity contribution is 0.179. The number of halogens is 1. The van der Waals surface area contributed by atoms with Crippen molar-refractivity contribution < 1.29 is 8.95 Å². The van der Waals surface area contributed by atoms with E-state index in [4.69, 9.17) is 16.3 Å². The average Bonchev–Trinajstić information content (AvgIpc) is 2.97. The second-order valence-electron chi connectivity index (χ2n) is 5.13. The van der Waals surface area contributed by atoms with Gasteiger partial charge in [0.15, 0.2) is 0 Å². The van der Waals surface area contributed by atoms with E-state index in [2.05, 4.69) is 12.2 Å². The monoisotopic (exact) mass is 315 g/mol. The van der Waals surface area contributed by atoms with Crippen molar-refractivity contribution in [2.24, 2.45) is 5.92 Å². The van der Waals surface area contributed by atoms with Gasteiger partial charge in [0.25, 0.3) is 0 Å². The van der Waals surface area contributed by atoms with Crippen molar-refractivity contribution in [3.05, 3.63) is 29.3 Å². The third-order valence-corrected chi connectivity index (χ3v) is 5.55. The molecule has 20 heavy (non-hydrogen) atoms. The standard InChI is InChI=1S/C15H22ClNO2S/c1-2-8-17-14(12-7-9-19-10-12)11-20(18)15-6-4-3-5-13(15)16/h3-6,12,14,17H,2,7-11H2,1H3. The molecular formula is C15H22ClNO2S. The Bertz CT molecular complexity index is 449. The molecule has 1 N–H and O–H groups in total. The molecule has 1 aromatic rings. The summed E-state index contributed by atoms with van der Waals surface area (Å²) in [6.07, 6.45) is 2.11. The number of hydrogen-bond acceptors (Lipinski definition) is 3. The Morgan fingerprint density at radius 1 is 1.50 bits per heavy atom. The van der Waals surface area contributed by atoms with Crippen LogP contribution in [-0.4, -0.2) is 35.8 Å². The molecule has 0 amide bonds. The second kappa shape index (κ2) is 8.13. The summed E-state index contributed by atoms with van der Waals surface area (Å²) in [6, 6.07) is 7.62. The molecule has 3 unspecified atom stereocenters. The van der Waals surface area contributed by atoms with Gasteiger partial charge in [0.1, 0.15) is 0 Å². The molecular weight excluding hydrogens is 294 g/mol. The summed E-state index contributed by atoms with van der Waals surface area (Å²) in [7, 11) is -1.07. The highest BCUT2D eigenvalue weighted by molar-refractivity contribution is 7.85. The molecule has 3 atom stereocenters. The number of rotatable bonds is 7. The third-order valence-electron chi connectivity index (χ3n) is 3.60. The van der Waals surface area contributed by atoms with Crippen molar-refractivity contribution in [1.29, 1.82) is 0 Å². The minimum Gasteiger partial charge on any atom is -0.381 e. The van der Waals surface area contributed by atoms with Gasteiger partial charge in [0, 0.05) is 24.3 Å². The Balaban J connectivity index is 2.02. The van der Waals surface area contributed by atoms with Crippen LogP contribution in [0.25, 0.3) is 0 Å². The molecule has 1 aliphatic heterocycles. The van der Waals surface area contributed by atoms with Gasteiger partial charge in [-0.1, -0.05) is 30.7 Å².